The molecule has 0 saturated heterocycles. The molecular weight excluding hydrogens is 184 g/mol. The van der Waals surface area contributed by atoms with Gasteiger partial charge < -0.3 is 10.9 Å². The first kappa shape index (κ1) is 10.7. The van der Waals surface area contributed by atoms with E-state index in [2.05, 4.69) is 12.1 Å². The van der Waals surface area contributed by atoms with Crippen LogP contribution in [0.4, 0.5) is 0 Å². The number of amidine groups is 1. The average molecular weight is 202 g/mol. The van der Waals surface area contributed by atoms with Crippen LogP contribution in [-0.4, -0.2) is 22.0 Å². The summed E-state index contributed by atoms with van der Waals surface area (Å²) in [5, 5.41) is 12.0. The Morgan fingerprint density at radius 1 is 1.62 bits per heavy atom. The fourth-order valence-electron chi connectivity index (χ4n) is 1.76. The summed E-state index contributed by atoms with van der Waals surface area (Å²) in [6.45, 7) is 2.30. The molecule has 4 heteroatoms. The number of nitrogens with zero attached hydrogens (tertiary/aromatic N) is 1. The van der Waals surface area contributed by atoms with Crippen molar-refractivity contribution in [1.29, 1.82) is 0 Å². The fourth-order valence-corrected chi connectivity index (χ4v) is 3.02. The Morgan fingerprint density at radius 3 is 3.00 bits per heavy atom. The molecule has 76 valence electrons. The SMILES string of the molecule is CC1CCCC(SC/C(N)=N/O)C1. The second-order valence-electron chi connectivity index (χ2n) is 3.80. The molecule has 3 nitrogen and oxygen atoms in total. The van der Waals surface area contributed by atoms with Crippen LogP contribution in [0.5, 0.6) is 0 Å². The molecule has 0 heterocycles. The second-order valence-corrected chi connectivity index (χ2v) is 5.08. The molecule has 0 amide bonds. The monoisotopic (exact) mass is 202 g/mol. The van der Waals surface area contributed by atoms with Crippen LogP contribution in [0.3, 0.4) is 0 Å². The minimum Gasteiger partial charge on any atom is -0.409 e. The Morgan fingerprint density at radius 2 is 2.38 bits per heavy atom. The van der Waals surface area contributed by atoms with Crippen molar-refractivity contribution < 1.29 is 5.21 Å². The molecule has 2 unspecified atom stereocenters. The normalized spacial score (nSPS) is 30.4. The third-order valence-corrected chi connectivity index (χ3v) is 3.85. The van der Waals surface area contributed by atoms with Gasteiger partial charge in [0.1, 0.15) is 5.84 Å². The van der Waals surface area contributed by atoms with E-state index in [9.17, 15) is 0 Å². The fraction of sp³-hybridized carbons (Fsp3) is 0.889. The van der Waals surface area contributed by atoms with Crippen LogP contribution in [0.1, 0.15) is 32.6 Å². The first-order chi connectivity index (χ1) is 6.22. The Bertz CT molecular complexity index is 184. The van der Waals surface area contributed by atoms with Crippen molar-refractivity contribution in [2.24, 2.45) is 16.8 Å². The van der Waals surface area contributed by atoms with Gasteiger partial charge in [-0.25, -0.2) is 0 Å². The van der Waals surface area contributed by atoms with Crippen LogP contribution in [0, 0.1) is 5.92 Å². The summed E-state index contributed by atoms with van der Waals surface area (Å²) in [6, 6.07) is 0. The maximum Gasteiger partial charge on any atom is 0.149 e. The largest absolute Gasteiger partial charge is 0.409 e. The number of thioether (sulfide) groups is 1. The highest BCUT2D eigenvalue weighted by atomic mass is 32.2. The van der Waals surface area contributed by atoms with Gasteiger partial charge in [0.05, 0.1) is 5.75 Å². The van der Waals surface area contributed by atoms with E-state index < -0.39 is 0 Å². The molecule has 1 aliphatic rings. The van der Waals surface area contributed by atoms with Crippen molar-refractivity contribution in [2.45, 2.75) is 37.9 Å². The van der Waals surface area contributed by atoms with Crippen molar-refractivity contribution in [3.63, 3.8) is 0 Å². The molecule has 0 aromatic carbocycles. The number of rotatable bonds is 3. The zero-order chi connectivity index (χ0) is 9.68. The summed E-state index contributed by atoms with van der Waals surface area (Å²) >= 11 is 1.82. The Kier molecular flexibility index (Phi) is 4.42. The molecule has 13 heavy (non-hydrogen) atoms. The summed E-state index contributed by atoms with van der Waals surface area (Å²) in [4.78, 5) is 0. The van der Waals surface area contributed by atoms with Gasteiger partial charge in [-0.3, -0.25) is 0 Å². The summed E-state index contributed by atoms with van der Waals surface area (Å²) in [6.07, 6.45) is 5.26. The molecule has 2 atom stereocenters. The van der Waals surface area contributed by atoms with E-state index in [1.807, 2.05) is 11.8 Å². The van der Waals surface area contributed by atoms with Crippen LogP contribution in [0.25, 0.3) is 0 Å². The van der Waals surface area contributed by atoms with Crippen LogP contribution >= 0.6 is 11.8 Å². The van der Waals surface area contributed by atoms with E-state index in [0.717, 1.165) is 5.92 Å². The molecule has 0 bridgehead atoms. The average Bonchev–Trinajstić information content (AvgIpc) is 2.14. The van der Waals surface area contributed by atoms with Gasteiger partial charge in [0, 0.05) is 5.25 Å². The number of oxime groups is 1. The van der Waals surface area contributed by atoms with E-state index in [1.165, 1.54) is 25.7 Å². The molecule has 1 rings (SSSR count). The third-order valence-electron chi connectivity index (χ3n) is 2.48. The smallest absolute Gasteiger partial charge is 0.149 e. The zero-order valence-corrected chi connectivity index (χ0v) is 8.89. The van der Waals surface area contributed by atoms with Gasteiger partial charge in [0.2, 0.25) is 0 Å². The van der Waals surface area contributed by atoms with Gasteiger partial charge in [-0.05, 0) is 18.8 Å². The Balaban J connectivity index is 2.20. The van der Waals surface area contributed by atoms with E-state index >= 15 is 0 Å². The van der Waals surface area contributed by atoms with Crippen LogP contribution in [0.15, 0.2) is 5.16 Å². The summed E-state index contributed by atoms with van der Waals surface area (Å²) < 4.78 is 0. The van der Waals surface area contributed by atoms with Crippen molar-refractivity contribution in [1.82, 2.24) is 0 Å². The maximum absolute atomic E-state index is 8.37. The predicted octanol–water partition coefficient (Wildman–Crippen LogP) is 2.04. The molecule has 1 aliphatic carbocycles. The number of nitrogens with two attached hydrogens (primary N) is 1. The molecule has 0 aromatic heterocycles. The van der Waals surface area contributed by atoms with E-state index in [1.54, 1.807) is 0 Å². The molecule has 3 N–H and O–H groups in total. The highest BCUT2D eigenvalue weighted by Gasteiger charge is 2.19. The van der Waals surface area contributed by atoms with Crippen molar-refractivity contribution >= 4 is 17.6 Å². The minimum absolute atomic E-state index is 0.336. The van der Waals surface area contributed by atoms with Gasteiger partial charge >= 0.3 is 0 Å². The first-order valence-electron chi connectivity index (χ1n) is 4.80. The first-order valence-corrected chi connectivity index (χ1v) is 5.85. The molecule has 0 aliphatic heterocycles. The summed E-state index contributed by atoms with van der Waals surface area (Å²) in [5.41, 5.74) is 5.40. The lowest BCUT2D eigenvalue weighted by molar-refractivity contribution is 0.318. The number of hydrogen-bond donors (Lipinski definition) is 2. The Hall–Kier alpha value is -0.380. The van der Waals surface area contributed by atoms with Crippen LogP contribution < -0.4 is 5.73 Å². The molecule has 1 saturated carbocycles. The molecule has 0 aromatic rings. The van der Waals surface area contributed by atoms with Gasteiger partial charge in [-0.1, -0.05) is 24.9 Å². The molecule has 0 radical (unpaired) electrons. The van der Waals surface area contributed by atoms with E-state index in [0.29, 0.717) is 16.8 Å². The number of hydrogen-bond acceptors (Lipinski definition) is 3. The zero-order valence-electron chi connectivity index (χ0n) is 8.07. The van der Waals surface area contributed by atoms with Gasteiger partial charge in [-0.2, -0.15) is 11.8 Å². The highest BCUT2D eigenvalue weighted by Crippen LogP contribution is 2.31. The van der Waals surface area contributed by atoms with Crippen LogP contribution in [-0.2, 0) is 0 Å². The van der Waals surface area contributed by atoms with Gasteiger partial charge in [0.15, 0.2) is 0 Å². The second kappa shape index (κ2) is 5.37. The van der Waals surface area contributed by atoms with Gasteiger partial charge in [-0.15, -0.1) is 0 Å². The van der Waals surface area contributed by atoms with Gasteiger partial charge in [0.25, 0.3) is 0 Å². The molecule has 0 spiro atoms. The standard InChI is InChI=1S/C9H18N2OS/c1-7-3-2-4-8(5-7)13-6-9(10)11-12/h7-8,12H,2-6H2,1H3,(H2,10,11). The molecular formula is C9H18N2OS. The predicted molar refractivity (Wildman–Crippen MR) is 57.3 cm³/mol. The van der Waals surface area contributed by atoms with Crippen molar-refractivity contribution in [3.8, 4) is 0 Å². The van der Waals surface area contributed by atoms with E-state index in [4.69, 9.17) is 10.9 Å². The third kappa shape index (κ3) is 3.89. The lowest BCUT2D eigenvalue weighted by Gasteiger charge is -2.25. The lowest BCUT2D eigenvalue weighted by Crippen LogP contribution is -2.20. The van der Waals surface area contributed by atoms with Crippen molar-refractivity contribution in [3.05, 3.63) is 0 Å². The summed E-state index contributed by atoms with van der Waals surface area (Å²) in [5.74, 6) is 1.84. The molecule has 1 fully saturated rings. The Labute approximate surface area is 83.8 Å². The quantitative estimate of drug-likeness (QED) is 0.319. The van der Waals surface area contributed by atoms with E-state index in [-0.39, 0.29) is 0 Å². The highest BCUT2D eigenvalue weighted by molar-refractivity contribution is 8.00. The van der Waals surface area contributed by atoms with Crippen molar-refractivity contribution in [2.75, 3.05) is 5.75 Å². The summed E-state index contributed by atoms with van der Waals surface area (Å²) in [7, 11) is 0. The van der Waals surface area contributed by atoms with Crippen LogP contribution in [0.2, 0.25) is 0 Å². The lowest BCUT2D eigenvalue weighted by atomic mass is 9.91. The maximum atomic E-state index is 8.37. The minimum atomic E-state index is 0.336. The topological polar surface area (TPSA) is 58.6 Å².